The van der Waals surface area contributed by atoms with Gasteiger partial charge in [-0.05, 0) is 31.2 Å². The van der Waals surface area contributed by atoms with Crippen LogP contribution in [0.1, 0.15) is 6.92 Å². The molecule has 13 heavy (non-hydrogen) atoms. The number of anilines is 2. The number of rotatable bonds is 3. The van der Waals surface area contributed by atoms with Crippen LogP contribution in [0.3, 0.4) is 0 Å². The number of hydrogen-bond donors (Lipinski definition) is 3. The zero-order chi connectivity index (χ0) is 9.84. The average Bonchev–Trinajstić information content (AvgIpc) is 2.08. The number of nitrogens with two attached hydrogens (primary N) is 2. The highest BCUT2D eigenvalue weighted by molar-refractivity contribution is 5.82. The molecule has 1 atom stereocenters. The van der Waals surface area contributed by atoms with Crippen LogP contribution in [-0.4, -0.2) is 11.9 Å². The number of hydrogen-bond acceptors (Lipinski definition) is 3. The molecule has 4 heteroatoms. The summed E-state index contributed by atoms with van der Waals surface area (Å²) in [5, 5.41) is 2.94. The normalized spacial score (nSPS) is 12.1. The van der Waals surface area contributed by atoms with Gasteiger partial charge in [-0.25, -0.2) is 0 Å². The van der Waals surface area contributed by atoms with Crippen molar-refractivity contribution in [2.75, 3.05) is 11.1 Å². The predicted octanol–water partition coefficient (Wildman–Crippen LogP) is 0.554. The molecule has 1 aromatic carbocycles. The first-order valence-corrected chi connectivity index (χ1v) is 4.01. The zero-order valence-corrected chi connectivity index (χ0v) is 7.45. The second kappa shape index (κ2) is 3.80. The highest BCUT2D eigenvalue weighted by Gasteiger charge is 2.06. The molecule has 0 aromatic heterocycles. The number of benzene rings is 1. The smallest absolute Gasteiger partial charge is 0.239 e. The molecule has 70 valence electrons. The van der Waals surface area contributed by atoms with Crippen LogP contribution in [0.2, 0.25) is 0 Å². The van der Waals surface area contributed by atoms with Crippen molar-refractivity contribution in [3.63, 3.8) is 0 Å². The Morgan fingerprint density at radius 3 is 2.38 bits per heavy atom. The standard InChI is InChI=1S/C9H13N3O/c1-6(9(11)13)12-8-4-2-7(10)3-5-8/h2-6,12H,10H2,1H3,(H2,11,13). The summed E-state index contributed by atoms with van der Waals surface area (Å²) in [4.78, 5) is 10.7. The Bertz CT molecular complexity index is 294. The van der Waals surface area contributed by atoms with Crippen molar-refractivity contribution in [2.24, 2.45) is 5.73 Å². The van der Waals surface area contributed by atoms with E-state index in [1.54, 1.807) is 31.2 Å². The Hall–Kier alpha value is -1.71. The third-order valence-corrected chi connectivity index (χ3v) is 1.72. The maximum atomic E-state index is 10.7. The van der Waals surface area contributed by atoms with E-state index >= 15 is 0 Å². The van der Waals surface area contributed by atoms with E-state index in [0.717, 1.165) is 5.69 Å². The highest BCUT2D eigenvalue weighted by atomic mass is 16.1. The lowest BCUT2D eigenvalue weighted by Crippen LogP contribution is -2.32. The van der Waals surface area contributed by atoms with Crippen LogP contribution in [0.25, 0.3) is 0 Å². The van der Waals surface area contributed by atoms with Crippen molar-refractivity contribution in [1.82, 2.24) is 0 Å². The molecule has 0 fully saturated rings. The molecule has 1 amide bonds. The lowest BCUT2D eigenvalue weighted by atomic mass is 10.2. The molecule has 0 spiro atoms. The van der Waals surface area contributed by atoms with E-state index in [2.05, 4.69) is 5.32 Å². The summed E-state index contributed by atoms with van der Waals surface area (Å²) < 4.78 is 0. The molecule has 1 rings (SSSR count). The van der Waals surface area contributed by atoms with Gasteiger partial charge in [-0.2, -0.15) is 0 Å². The van der Waals surface area contributed by atoms with Crippen LogP contribution < -0.4 is 16.8 Å². The van der Waals surface area contributed by atoms with Gasteiger partial charge >= 0.3 is 0 Å². The fraction of sp³-hybridized carbons (Fsp3) is 0.222. The van der Waals surface area contributed by atoms with Crippen LogP contribution in [0.15, 0.2) is 24.3 Å². The average molecular weight is 179 g/mol. The Balaban J connectivity index is 2.64. The van der Waals surface area contributed by atoms with Gasteiger partial charge in [0.05, 0.1) is 0 Å². The summed E-state index contributed by atoms with van der Waals surface area (Å²) in [7, 11) is 0. The second-order valence-corrected chi connectivity index (χ2v) is 2.89. The van der Waals surface area contributed by atoms with Crippen LogP contribution >= 0.6 is 0 Å². The number of carbonyl (C=O) groups is 1. The lowest BCUT2D eigenvalue weighted by molar-refractivity contribution is -0.118. The minimum Gasteiger partial charge on any atom is -0.399 e. The van der Waals surface area contributed by atoms with Gasteiger partial charge in [0.2, 0.25) is 5.91 Å². The third-order valence-electron chi connectivity index (χ3n) is 1.72. The van der Waals surface area contributed by atoms with Crippen LogP contribution in [-0.2, 0) is 4.79 Å². The van der Waals surface area contributed by atoms with Gasteiger partial charge in [-0.3, -0.25) is 4.79 Å². The molecule has 0 saturated carbocycles. The minimum atomic E-state index is -0.378. The maximum absolute atomic E-state index is 10.7. The monoisotopic (exact) mass is 179 g/mol. The molecule has 0 heterocycles. The van der Waals surface area contributed by atoms with Crippen molar-refractivity contribution < 1.29 is 4.79 Å². The Labute approximate surface area is 76.9 Å². The van der Waals surface area contributed by atoms with Crippen LogP contribution in [0, 0.1) is 0 Å². The van der Waals surface area contributed by atoms with Crippen LogP contribution in [0.5, 0.6) is 0 Å². The SMILES string of the molecule is CC(Nc1ccc(N)cc1)C(N)=O. The maximum Gasteiger partial charge on any atom is 0.239 e. The predicted molar refractivity (Wildman–Crippen MR) is 53.1 cm³/mol. The van der Waals surface area contributed by atoms with Crippen molar-refractivity contribution in [1.29, 1.82) is 0 Å². The minimum absolute atomic E-state index is 0.372. The summed E-state index contributed by atoms with van der Waals surface area (Å²) in [6, 6.07) is 6.75. The number of carbonyl (C=O) groups excluding carboxylic acids is 1. The molecule has 0 aliphatic carbocycles. The summed E-state index contributed by atoms with van der Waals surface area (Å²) >= 11 is 0. The number of primary amides is 1. The van der Waals surface area contributed by atoms with E-state index in [0.29, 0.717) is 5.69 Å². The van der Waals surface area contributed by atoms with E-state index in [4.69, 9.17) is 11.5 Å². The number of nitrogen functional groups attached to an aromatic ring is 1. The third kappa shape index (κ3) is 2.66. The quantitative estimate of drug-likeness (QED) is 0.593. The molecule has 4 nitrogen and oxygen atoms in total. The first-order chi connectivity index (χ1) is 6.09. The number of nitrogens with one attached hydrogen (secondary N) is 1. The molecule has 1 aromatic rings. The van der Waals surface area contributed by atoms with E-state index < -0.39 is 0 Å². The summed E-state index contributed by atoms with van der Waals surface area (Å²) in [6.45, 7) is 1.71. The summed E-state index contributed by atoms with van der Waals surface area (Å²) in [6.07, 6.45) is 0. The molecular weight excluding hydrogens is 166 g/mol. The summed E-state index contributed by atoms with van der Waals surface area (Å²) in [5.74, 6) is -0.378. The Morgan fingerprint density at radius 2 is 1.92 bits per heavy atom. The molecule has 0 bridgehead atoms. The van der Waals surface area contributed by atoms with Gasteiger partial charge in [0.15, 0.2) is 0 Å². The topological polar surface area (TPSA) is 81.1 Å². The Kier molecular flexibility index (Phi) is 2.74. The van der Waals surface area contributed by atoms with E-state index in [-0.39, 0.29) is 11.9 Å². The van der Waals surface area contributed by atoms with Gasteiger partial charge < -0.3 is 16.8 Å². The number of amides is 1. The van der Waals surface area contributed by atoms with E-state index in [1.165, 1.54) is 0 Å². The molecule has 0 saturated heterocycles. The van der Waals surface area contributed by atoms with Gasteiger partial charge in [-0.1, -0.05) is 0 Å². The fourth-order valence-corrected chi connectivity index (χ4v) is 0.900. The van der Waals surface area contributed by atoms with Gasteiger partial charge in [-0.15, -0.1) is 0 Å². The first kappa shape index (κ1) is 9.38. The van der Waals surface area contributed by atoms with Crippen LogP contribution in [0.4, 0.5) is 11.4 Å². The molecule has 5 N–H and O–H groups in total. The van der Waals surface area contributed by atoms with Gasteiger partial charge in [0, 0.05) is 11.4 Å². The van der Waals surface area contributed by atoms with Gasteiger partial charge in [0.25, 0.3) is 0 Å². The van der Waals surface area contributed by atoms with E-state index in [9.17, 15) is 4.79 Å². The molecule has 0 aliphatic heterocycles. The van der Waals surface area contributed by atoms with Crippen molar-refractivity contribution in [2.45, 2.75) is 13.0 Å². The molecule has 1 unspecified atom stereocenters. The zero-order valence-electron chi connectivity index (χ0n) is 7.45. The molecular formula is C9H13N3O. The fourth-order valence-electron chi connectivity index (χ4n) is 0.900. The largest absolute Gasteiger partial charge is 0.399 e. The van der Waals surface area contributed by atoms with E-state index in [1.807, 2.05) is 0 Å². The molecule has 0 radical (unpaired) electrons. The van der Waals surface area contributed by atoms with Crippen molar-refractivity contribution >= 4 is 17.3 Å². The summed E-state index contributed by atoms with van der Waals surface area (Å²) in [5.41, 5.74) is 12.1. The molecule has 0 aliphatic rings. The van der Waals surface area contributed by atoms with Crippen molar-refractivity contribution in [3.8, 4) is 0 Å². The van der Waals surface area contributed by atoms with Gasteiger partial charge in [0.1, 0.15) is 6.04 Å². The Morgan fingerprint density at radius 1 is 1.38 bits per heavy atom. The highest BCUT2D eigenvalue weighted by Crippen LogP contribution is 2.11. The second-order valence-electron chi connectivity index (χ2n) is 2.89. The first-order valence-electron chi connectivity index (χ1n) is 4.01. The lowest BCUT2D eigenvalue weighted by Gasteiger charge is -2.11. The van der Waals surface area contributed by atoms with Crippen molar-refractivity contribution in [3.05, 3.63) is 24.3 Å².